The molecule has 1 saturated carbocycles. The van der Waals surface area contributed by atoms with Gasteiger partial charge in [-0.3, -0.25) is 9.59 Å². The number of nitrogens with one attached hydrogen (secondary N) is 1. The zero-order chi connectivity index (χ0) is 20.7. The van der Waals surface area contributed by atoms with E-state index in [-0.39, 0.29) is 17.0 Å². The van der Waals surface area contributed by atoms with Crippen molar-refractivity contribution in [2.75, 3.05) is 12.1 Å². The van der Waals surface area contributed by atoms with E-state index in [1.165, 1.54) is 0 Å². The van der Waals surface area contributed by atoms with Crippen LogP contribution in [0.2, 0.25) is 0 Å². The van der Waals surface area contributed by atoms with Crippen molar-refractivity contribution in [3.63, 3.8) is 0 Å². The molecular formula is C23H25N3O4. The number of primary amides is 1. The number of amides is 2. The third-order valence-electron chi connectivity index (χ3n) is 5.62. The summed E-state index contributed by atoms with van der Waals surface area (Å²) >= 11 is 0. The molecule has 7 nitrogen and oxygen atoms in total. The molecule has 3 N–H and O–H groups in total. The predicted molar refractivity (Wildman–Crippen MR) is 117 cm³/mol. The highest BCUT2D eigenvalue weighted by molar-refractivity contribution is 6.01. The lowest BCUT2D eigenvalue weighted by molar-refractivity contribution is -0.118. The molecule has 2 heterocycles. The summed E-state index contributed by atoms with van der Waals surface area (Å²) in [5.41, 5.74) is 7.88. The van der Waals surface area contributed by atoms with Crippen LogP contribution in [0.3, 0.4) is 0 Å². The first-order chi connectivity index (χ1) is 14.5. The van der Waals surface area contributed by atoms with Crippen LogP contribution >= 0.6 is 0 Å². The lowest BCUT2D eigenvalue weighted by Gasteiger charge is -2.16. The molecule has 0 atom stereocenters. The molecule has 2 aliphatic rings. The molecule has 1 fully saturated rings. The third kappa shape index (κ3) is 3.14. The minimum Gasteiger partial charge on any atom is -0.454 e. The summed E-state index contributed by atoms with van der Waals surface area (Å²) in [6, 6.07) is 16.3. The number of nitrogens with zero attached hydrogens (tertiary/aromatic N) is 1. The van der Waals surface area contributed by atoms with Crippen LogP contribution < -0.4 is 20.5 Å². The zero-order valence-corrected chi connectivity index (χ0v) is 16.1. The molecule has 0 unspecified atom stereocenters. The average Bonchev–Trinajstić information content (AvgIpc) is 3.45. The van der Waals surface area contributed by atoms with E-state index in [1.54, 1.807) is 24.4 Å². The molecule has 0 saturated heterocycles. The van der Waals surface area contributed by atoms with Gasteiger partial charge in [-0.2, -0.15) is 0 Å². The molecule has 5 rings (SSSR count). The van der Waals surface area contributed by atoms with E-state index >= 15 is 0 Å². The number of rotatable bonds is 5. The van der Waals surface area contributed by atoms with Crippen molar-refractivity contribution >= 4 is 17.6 Å². The number of fused-ring (bicyclic) bond motifs is 1. The minimum atomic E-state index is -0.550. The van der Waals surface area contributed by atoms with Crippen LogP contribution in [0.5, 0.6) is 11.5 Å². The van der Waals surface area contributed by atoms with Crippen molar-refractivity contribution in [2.45, 2.75) is 18.3 Å². The maximum absolute atomic E-state index is 13.0. The van der Waals surface area contributed by atoms with Gasteiger partial charge in [0, 0.05) is 21.6 Å². The SMILES string of the molecule is NC(=O)c1ccc(-c2ccc(NC(=O)C3(c4ccc5c(c4)OCO5)CC3)nc2)cc1.[HH].[HH].[HH]. The van der Waals surface area contributed by atoms with Gasteiger partial charge in [0.25, 0.3) is 0 Å². The summed E-state index contributed by atoms with van der Waals surface area (Å²) in [6.45, 7) is 0.208. The Labute approximate surface area is 177 Å². The fourth-order valence-electron chi connectivity index (χ4n) is 3.67. The highest BCUT2D eigenvalue weighted by Gasteiger charge is 2.51. The molecule has 30 heavy (non-hydrogen) atoms. The highest BCUT2D eigenvalue weighted by Crippen LogP contribution is 2.51. The second kappa shape index (κ2) is 6.88. The quantitative estimate of drug-likeness (QED) is 0.666. The summed E-state index contributed by atoms with van der Waals surface area (Å²) in [5.74, 6) is 1.33. The Morgan fingerprint density at radius 1 is 0.967 bits per heavy atom. The summed E-state index contributed by atoms with van der Waals surface area (Å²) in [6.07, 6.45) is 3.25. The predicted octanol–water partition coefficient (Wildman–Crippen LogP) is 3.98. The number of nitrogens with two attached hydrogens (primary N) is 1. The van der Waals surface area contributed by atoms with E-state index in [2.05, 4.69) is 10.3 Å². The molecular weight excluding hydrogens is 382 g/mol. The van der Waals surface area contributed by atoms with E-state index < -0.39 is 11.3 Å². The van der Waals surface area contributed by atoms with Crippen molar-refractivity contribution < 1.29 is 23.3 Å². The fourth-order valence-corrected chi connectivity index (χ4v) is 3.67. The van der Waals surface area contributed by atoms with Crippen LogP contribution in [-0.4, -0.2) is 23.6 Å². The fraction of sp³-hybridized carbons (Fsp3) is 0.174. The van der Waals surface area contributed by atoms with Crippen molar-refractivity contribution in [3.8, 4) is 22.6 Å². The van der Waals surface area contributed by atoms with Crippen LogP contribution in [0.4, 0.5) is 5.82 Å². The summed E-state index contributed by atoms with van der Waals surface area (Å²) in [7, 11) is 0. The van der Waals surface area contributed by atoms with Gasteiger partial charge in [0.05, 0.1) is 5.41 Å². The van der Waals surface area contributed by atoms with Gasteiger partial charge in [-0.05, 0) is 60.4 Å². The number of hydrogen-bond acceptors (Lipinski definition) is 5. The van der Waals surface area contributed by atoms with Gasteiger partial charge in [0.1, 0.15) is 5.82 Å². The molecule has 1 aliphatic carbocycles. The maximum Gasteiger partial charge on any atom is 0.248 e. The molecule has 7 heteroatoms. The van der Waals surface area contributed by atoms with Gasteiger partial charge in [-0.15, -0.1) is 0 Å². The second-order valence-corrected chi connectivity index (χ2v) is 7.48. The standard InChI is InChI=1S/C23H19N3O4.3H2/c24-21(27)15-3-1-14(2-4-15)16-5-8-20(25-12-16)26-22(28)23(9-10-23)17-6-7-18-19(11-17)30-13-29-18;;;/h1-8,11-12H,9-10,13H2,(H2,24,27)(H,25,26,28);3*1H. The van der Waals surface area contributed by atoms with E-state index in [1.807, 2.05) is 36.4 Å². The number of carbonyl (C=O) groups is 2. The Morgan fingerprint density at radius 3 is 2.37 bits per heavy atom. The van der Waals surface area contributed by atoms with Gasteiger partial charge in [-0.1, -0.05) is 18.2 Å². The summed E-state index contributed by atoms with van der Waals surface area (Å²) in [4.78, 5) is 28.6. The molecule has 2 aromatic carbocycles. The normalized spacial score (nSPS) is 15.5. The van der Waals surface area contributed by atoms with Crippen molar-refractivity contribution in [3.05, 3.63) is 71.9 Å². The molecule has 0 bridgehead atoms. The van der Waals surface area contributed by atoms with Gasteiger partial charge < -0.3 is 20.5 Å². The lowest BCUT2D eigenvalue weighted by atomic mass is 9.94. The van der Waals surface area contributed by atoms with Crippen LogP contribution in [0.15, 0.2) is 60.8 Å². The van der Waals surface area contributed by atoms with Crippen molar-refractivity contribution in [2.24, 2.45) is 5.73 Å². The number of carbonyl (C=O) groups excluding carboxylic acids is 2. The second-order valence-electron chi connectivity index (χ2n) is 7.48. The molecule has 0 spiro atoms. The van der Waals surface area contributed by atoms with Crippen molar-refractivity contribution in [1.29, 1.82) is 0 Å². The molecule has 156 valence electrons. The Morgan fingerprint density at radius 2 is 1.70 bits per heavy atom. The smallest absolute Gasteiger partial charge is 0.248 e. The van der Waals surface area contributed by atoms with E-state index in [4.69, 9.17) is 15.2 Å². The van der Waals surface area contributed by atoms with Crippen molar-refractivity contribution in [1.82, 2.24) is 4.98 Å². The highest BCUT2D eigenvalue weighted by atomic mass is 16.7. The Bertz CT molecular complexity index is 1150. The monoisotopic (exact) mass is 407 g/mol. The van der Waals surface area contributed by atoms with Gasteiger partial charge >= 0.3 is 0 Å². The van der Waals surface area contributed by atoms with Gasteiger partial charge in [-0.25, -0.2) is 4.98 Å². The number of pyridine rings is 1. The van der Waals surface area contributed by atoms with Crippen LogP contribution in [0.25, 0.3) is 11.1 Å². The molecule has 1 aliphatic heterocycles. The third-order valence-corrected chi connectivity index (χ3v) is 5.62. The molecule has 3 aromatic rings. The largest absolute Gasteiger partial charge is 0.454 e. The van der Waals surface area contributed by atoms with Gasteiger partial charge in [0.2, 0.25) is 18.6 Å². The zero-order valence-electron chi connectivity index (χ0n) is 16.1. The number of ether oxygens (including phenoxy) is 2. The number of benzene rings is 2. The van der Waals surface area contributed by atoms with Crippen LogP contribution in [0.1, 0.15) is 33.0 Å². The number of hydrogen-bond donors (Lipinski definition) is 2. The Hall–Kier alpha value is -3.87. The Balaban J connectivity index is 0.00000128. The van der Waals surface area contributed by atoms with E-state index in [0.717, 1.165) is 29.5 Å². The topological polar surface area (TPSA) is 104 Å². The molecule has 2 amide bonds. The maximum atomic E-state index is 13.0. The first kappa shape index (κ1) is 18.2. The average molecular weight is 407 g/mol. The molecule has 1 aromatic heterocycles. The van der Waals surface area contributed by atoms with E-state index in [9.17, 15) is 9.59 Å². The first-order valence-corrected chi connectivity index (χ1v) is 9.63. The molecule has 0 radical (unpaired) electrons. The van der Waals surface area contributed by atoms with E-state index in [0.29, 0.717) is 22.9 Å². The summed E-state index contributed by atoms with van der Waals surface area (Å²) in [5, 5.41) is 2.93. The van der Waals surface area contributed by atoms with Crippen LogP contribution in [0, 0.1) is 0 Å². The minimum absolute atomic E-state index is 0. The lowest BCUT2D eigenvalue weighted by Crippen LogP contribution is -2.28. The first-order valence-electron chi connectivity index (χ1n) is 9.63. The number of anilines is 1. The number of aromatic nitrogens is 1. The Kier molecular flexibility index (Phi) is 4.17. The van der Waals surface area contributed by atoms with Gasteiger partial charge in [0.15, 0.2) is 11.5 Å². The van der Waals surface area contributed by atoms with Crippen LogP contribution in [-0.2, 0) is 10.2 Å². The summed E-state index contributed by atoms with van der Waals surface area (Å²) < 4.78 is 10.8.